The summed E-state index contributed by atoms with van der Waals surface area (Å²) < 4.78 is 0. The molecule has 194 valence electrons. The highest BCUT2D eigenvalue weighted by atomic mass is 16.2. The van der Waals surface area contributed by atoms with Crippen LogP contribution in [-0.4, -0.2) is 70.2 Å². The molecule has 2 aliphatic heterocycles. The van der Waals surface area contributed by atoms with E-state index in [-0.39, 0.29) is 17.9 Å². The number of nitriles is 2. The van der Waals surface area contributed by atoms with Crippen molar-refractivity contribution < 1.29 is 4.79 Å². The number of aromatic amines is 1. The van der Waals surface area contributed by atoms with Crippen LogP contribution in [0.4, 0.5) is 23.1 Å². The van der Waals surface area contributed by atoms with Crippen LogP contribution in [-0.2, 0) is 4.79 Å². The molecule has 1 amide bonds. The van der Waals surface area contributed by atoms with Crippen molar-refractivity contribution in [2.75, 3.05) is 54.4 Å². The first-order chi connectivity index (χ1) is 18.6. The average Bonchev–Trinajstić information content (AvgIpc) is 2.94. The number of hydrogen-bond donors (Lipinski definition) is 2. The summed E-state index contributed by atoms with van der Waals surface area (Å²) in [5, 5.41) is 27.8. The smallest absolute Gasteiger partial charge is 0.277 e. The second-order valence-corrected chi connectivity index (χ2v) is 9.50. The highest BCUT2D eigenvalue weighted by Gasteiger charge is 2.23. The van der Waals surface area contributed by atoms with E-state index in [1.165, 1.54) is 6.20 Å². The molecule has 2 fully saturated rings. The number of nitrogens with one attached hydrogen (secondary N) is 2. The van der Waals surface area contributed by atoms with E-state index in [2.05, 4.69) is 36.4 Å². The molecule has 0 saturated carbocycles. The van der Waals surface area contributed by atoms with Gasteiger partial charge < -0.3 is 20.0 Å². The largest absolute Gasteiger partial charge is 0.368 e. The van der Waals surface area contributed by atoms with Gasteiger partial charge in [-0.05, 0) is 43.0 Å². The van der Waals surface area contributed by atoms with E-state index in [1.807, 2.05) is 30.3 Å². The van der Waals surface area contributed by atoms with Crippen LogP contribution in [0.1, 0.15) is 25.7 Å². The Balaban J connectivity index is 1.32. The first-order valence-corrected chi connectivity index (χ1v) is 12.7. The number of hydrogen-bond acceptors (Lipinski definition) is 10. The SMILES string of the molecule is N#CCC(=O)N1CCN(c2ccc(Nc3nc(N4CCC(CC#N)CC4)nc4cn[nH]c(=O)c34)cc2)CC1. The second-order valence-electron chi connectivity index (χ2n) is 9.50. The number of carbonyl (C=O) groups is 1. The molecule has 12 heteroatoms. The topological polar surface area (TPSA) is 158 Å². The monoisotopic (exact) mass is 512 g/mol. The molecule has 38 heavy (non-hydrogen) atoms. The minimum atomic E-state index is -0.371. The van der Waals surface area contributed by atoms with E-state index in [1.54, 1.807) is 4.90 Å². The summed E-state index contributed by atoms with van der Waals surface area (Å²) in [6.07, 6.45) is 3.79. The molecule has 0 spiro atoms. The third kappa shape index (κ3) is 5.34. The maximum Gasteiger partial charge on any atom is 0.277 e. The van der Waals surface area contributed by atoms with E-state index < -0.39 is 0 Å². The summed E-state index contributed by atoms with van der Waals surface area (Å²) in [4.78, 5) is 40.0. The van der Waals surface area contributed by atoms with Crippen molar-refractivity contribution >= 4 is 40.0 Å². The van der Waals surface area contributed by atoms with Crippen LogP contribution in [0, 0.1) is 28.6 Å². The summed E-state index contributed by atoms with van der Waals surface area (Å²) >= 11 is 0. The molecular formula is C26H28N10O2. The number of anilines is 4. The van der Waals surface area contributed by atoms with Gasteiger partial charge in [0.05, 0.1) is 18.3 Å². The predicted molar refractivity (Wildman–Crippen MR) is 142 cm³/mol. The molecule has 12 nitrogen and oxygen atoms in total. The number of rotatable bonds is 6. The summed E-state index contributed by atoms with van der Waals surface area (Å²) in [6, 6.07) is 12.0. The molecule has 2 N–H and O–H groups in total. The van der Waals surface area contributed by atoms with Gasteiger partial charge in [0.25, 0.3) is 5.56 Å². The van der Waals surface area contributed by atoms with Gasteiger partial charge in [-0.2, -0.15) is 20.6 Å². The standard InChI is InChI=1S/C26H28N10O2/c27-9-5-18-7-11-36(12-8-18)26-31-21-17-29-33-25(38)23(21)24(32-26)30-19-1-3-20(4-2-19)34-13-15-35(16-14-34)22(37)6-10-28/h1-4,17-18H,5-8,11-16H2,(H,33,38)(H,30,31,32). The minimum Gasteiger partial charge on any atom is -0.368 e. The van der Waals surface area contributed by atoms with E-state index >= 15 is 0 Å². The fourth-order valence-corrected chi connectivity index (χ4v) is 4.97. The Bertz CT molecular complexity index is 1440. The number of aromatic nitrogens is 4. The molecule has 0 aliphatic carbocycles. The Labute approximate surface area is 219 Å². The normalized spacial score (nSPS) is 16.2. The predicted octanol–water partition coefficient (Wildman–Crippen LogP) is 2.15. The Morgan fingerprint density at radius 2 is 1.74 bits per heavy atom. The number of carbonyl (C=O) groups excluding carboxylic acids is 1. The third-order valence-electron chi connectivity index (χ3n) is 7.14. The first kappa shape index (κ1) is 25.0. The zero-order valence-electron chi connectivity index (χ0n) is 20.9. The van der Waals surface area contributed by atoms with Crippen molar-refractivity contribution in [1.29, 1.82) is 10.5 Å². The van der Waals surface area contributed by atoms with Gasteiger partial charge in [0.15, 0.2) is 0 Å². The van der Waals surface area contributed by atoms with Gasteiger partial charge in [0.2, 0.25) is 11.9 Å². The number of benzene rings is 1. The van der Waals surface area contributed by atoms with E-state index in [0.29, 0.717) is 61.2 Å². The second kappa shape index (κ2) is 11.1. The van der Waals surface area contributed by atoms with Crippen molar-refractivity contribution in [3.05, 3.63) is 40.8 Å². The fourth-order valence-electron chi connectivity index (χ4n) is 4.97. The summed E-state index contributed by atoms with van der Waals surface area (Å²) in [6.45, 7) is 4.05. The lowest BCUT2D eigenvalue weighted by molar-refractivity contribution is -0.130. The molecule has 0 unspecified atom stereocenters. The third-order valence-corrected chi connectivity index (χ3v) is 7.14. The van der Waals surface area contributed by atoms with Crippen LogP contribution in [0.3, 0.4) is 0 Å². The van der Waals surface area contributed by atoms with Gasteiger partial charge in [-0.3, -0.25) is 9.59 Å². The molecule has 0 bridgehead atoms. The van der Waals surface area contributed by atoms with Crippen molar-refractivity contribution in [3.63, 3.8) is 0 Å². The molecule has 2 aromatic heterocycles. The maximum atomic E-state index is 12.6. The van der Waals surface area contributed by atoms with Gasteiger partial charge in [-0.1, -0.05) is 0 Å². The lowest BCUT2D eigenvalue weighted by Gasteiger charge is -2.36. The van der Waals surface area contributed by atoms with Gasteiger partial charge >= 0.3 is 0 Å². The fraction of sp³-hybridized carbons (Fsp3) is 0.423. The number of piperidine rings is 1. The van der Waals surface area contributed by atoms with Gasteiger partial charge in [0.1, 0.15) is 23.1 Å². The van der Waals surface area contributed by atoms with Crippen molar-refractivity contribution in [3.8, 4) is 12.1 Å². The van der Waals surface area contributed by atoms with Crippen LogP contribution in [0.15, 0.2) is 35.3 Å². The van der Waals surface area contributed by atoms with Crippen molar-refractivity contribution in [1.82, 2.24) is 25.1 Å². The Morgan fingerprint density at radius 3 is 2.42 bits per heavy atom. The number of nitrogens with zero attached hydrogens (tertiary/aromatic N) is 8. The maximum absolute atomic E-state index is 12.6. The lowest BCUT2D eigenvalue weighted by atomic mass is 9.94. The molecule has 0 atom stereocenters. The quantitative estimate of drug-likeness (QED) is 0.501. The summed E-state index contributed by atoms with van der Waals surface area (Å²) in [7, 11) is 0. The van der Waals surface area contributed by atoms with E-state index in [0.717, 1.165) is 37.3 Å². The van der Waals surface area contributed by atoms with E-state index in [9.17, 15) is 9.59 Å². The lowest BCUT2D eigenvalue weighted by Crippen LogP contribution is -2.48. The highest BCUT2D eigenvalue weighted by Crippen LogP contribution is 2.28. The van der Waals surface area contributed by atoms with Crippen molar-refractivity contribution in [2.45, 2.75) is 25.7 Å². The van der Waals surface area contributed by atoms with Crippen LogP contribution in [0.25, 0.3) is 10.9 Å². The van der Waals surface area contributed by atoms with Crippen LogP contribution in [0.2, 0.25) is 0 Å². The first-order valence-electron chi connectivity index (χ1n) is 12.7. The molecule has 0 radical (unpaired) electrons. The number of amides is 1. The molecule has 5 rings (SSSR count). The van der Waals surface area contributed by atoms with Gasteiger partial charge in [-0.15, -0.1) is 0 Å². The molecular weight excluding hydrogens is 484 g/mol. The molecule has 2 aliphatic rings. The zero-order chi connectivity index (χ0) is 26.5. The Morgan fingerprint density at radius 1 is 1.00 bits per heavy atom. The van der Waals surface area contributed by atoms with Crippen LogP contribution < -0.4 is 20.7 Å². The van der Waals surface area contributed by atoms with Crippen LogP contribution in [0.5, 0.6) is 0 Å². The average molecular weight is 513 g/mol. The highest BCUT2D eigenvalue weighted by molar-refractivity contribution is 5.90. The summed E-state index contributed by atoms with van der Waals surface area (Å²) in [5.74, 6) is 1.20. The van der Waals surface area contributed by atoms with Crippen molar-refractivity contribution in [2.24, 2.45) is 5.92 Å². The number of piperazine rings is 1. The molecule has 3 aromatic rings. The minimum absolute atomic E-state index is 0.0851. The van der Waals surface area contributed by atoms with E-state index in [4.69, 9.17) is 15.5 Å². The summed E-state index contributed by atoms with van der Waals surface area (Å²) in [5.41, 5.74) is 1.88. The number of fused-ring (bicyclic) bond motifs is 1. The Kier molecular flexibility index (Phi) is 7.31. The van der Waals surface area contributed by atoms with Gasteiger partial charge in [-0.25, -0.2) is 10.1 Å². The molecule has 1 aromatic carbocycles. The molecule has 4 heterocycles. The molecule has 2 saturated heterocycles. The Hall–Kier alpha value is -4.71. The van der Waals surface area contributed by atoms with Gasteiger partial charge in [0, 0.05) is 57.1 Å². The number of H-pyrrole nitrogens is 1. The van der Waals surface area contributed by atoms with Crippen LogP contribution >= 0.6 is 0 Å². The zero-order valence-corrected chi connectivity index (χ0v) is 20.9.